The predicted molar refractivity (Wildman–Crippen MR) is 110 cm³/mol. The highest BCUT2D eigenvalue weighted by Gasteiger charge is 2.28. The topological polar surface area (TPSA) is 0 Å². The van der Waals surface area contributed by atoms with Crippen molar-refractivity contribution in [1.29, 1.82) is 0 Å². The summed E-state index contributed by atoms with van der Waals surface area (Å²) < 4.78 is 0. The van der Waals surface area contributed by atoms with Crippen molar-refractivity contribution in [2.24, 2.45) is 29.6 Å². The molecule has 0 heteroatoms. The van der Waals surface area contributed by atoms with Crippen LogP contribution in [0.5, 0.6) is 0 Å². The monoisotopic (exact) mass is 334 g/mol. The number of hydrogen-bond acceptors (Lipinski definition) is 0. The van der Waals surface area contributed by atoms with Crippen LogP contribution >= 0.6 is 0 Å². The summed E-state index contributed by atoms with van der Waals surface area (Å²) in [6.45, 7) is 12.6. The van der Waals surface area contributed by atoms with E-state index in [0.717, 1.165) is 29.6 Å². The molecular weight excluding hydrogens is 288 g/mol. The fourth-order valence-corrected chi connectivity index (χ4v) is 4.88. The van der Waals surface area contributed by atoms with E-state index in [1.54, 1.807) is 25.7 Å². The Balaban J connectivity index is 0.000000245. The van der Waals surface area contributed by atoms with Crippen LogP contribution in [0.3, 0.4) is 0 Å². The zero-order valence-electron chi connectivity index (χ0n) is 17.4. The molecule has 0 heterocycles. The Bertz CT molecular complexity index is 263. The maximum atomic E-state index is 3.78. The van der Waals surface area contributed by atoms with Crippen LogP contribution in [0.4, 0.5) is 0 Å². The molecule has 3 fully saturated rings. The van der Waals surface area contributed by atoms with Gasteiger partial charge in [-0.05, 0) is 68.1 Å². The lowest BCUT2D eigenvalue weighted by atomic mass is 9.70. The van der Waals surface area contributed by atoms with E-state index in [1.165, 1.54) is 57.8 Å². The first kappa shape index (κ1) is 21.8. The Hall–Kier alpha value is -0.260. The Morgan fingerprint density at radius 3 is 1.25 bits per heavy atom. The maximum Gasteiger partial charge on any atom is -0.0236 e. The zero-order chi connectivity index (χ0) is 17.8. The molecule has 0 aromatic carbocycles. The molecule has 0 N–H and O–H groups in total. The van der Waals surface area contributed by atoms with Crippen molar-refractivity contribution < 1.29 is 0 Å². The highest BCUT2D eigenvalue weighted by molar-refractivity contribution is 4.81. The van der Waals surface area contributed by atoms with Gasteiger partial charge in [0, 0.05) is 0 Å². The summed E-state index contributed by atoms with van der Waals surface area (Å²) in [5.74, 6) is 5.11. The SMILES string of the molecule is C=CC1CCCCC1.CC.CC1CCC(C2CCC(C)CC2)CC1. The predicted octanol–water partition coefficient (Wildman–Crippen LogP) is 8.42. The first-order valence-corrected chi connectivity index (χ1v) is 11.3. The number of allylic oxidation sites excluding steroid dienone is 1. The van der Waals surface area contributed by atoms with E-state index in [9.17, 15) is 0 Å². The molecular formula is C24H46. The summed E-state index contributed by atoms with van der Waals surface area (Å²) in [6.07, 6.45) is 21.4. The van der Waals surface area contributed by atoms with Crippen LogP contribution in [0.2, 0.25) is 0 Å². The van der Waals surface area contributed by atoms with Crippen LogP contribution in [-0.2, 0) is 0 Å². The van der Waals surface area contributed by atoms with E-state index >= 15 is 0 Å². The summed E-state index contributed by atoms with van der Waals surface area (Å²) >= 11 is 0. The van der Waals surface area contributed by atoms with E-state index in [1.807, 2.05) is 13.8 Å². The molecule has 3 aliphatic carbocycles. The molecule has 0 bridgehead atoms. The van der Waals surface area contributed by atoms with Crippen LogP contribution in [0, 0.1) is 29.6 Å². The lowest BCUT2D eigenvalue weighted by Gasteiger charge is -2.36. The Labute approximate surface area is 153 Å². The van der Waals surface area contributed by atoms with Gasteiger partial charge in [0.25, 0.3) is 0 Å². The average molecular weight is 335 g/mol. The van der Waals surface area contributed by atoms with Gasteiger partial charge in [0.15, 0.2) is 0 Å². The van der Waals surface area contributed by atoms with Gasteiger partial charge in [0.05, 0.1) is 0 Å². The highest BCUT2D eigenvalue weighted by Crippen LogP contribution is 2.40. The van der Waals surface area contributed by atoms with E-state index in [0.29, 0.717) is 0 Å². The average Bonchev–Trinajstić information content (AvgIpc) is 2.66. The fraction of sp³-hybridized carbons (Fsp3) is 0.917. The highest BCUT2D eigenvalue weighted by atomic mass is 14.3. The van der Waals surface area contributed by atoms with Crippen molar-refractivity contribution in [2.45, 2.75) is 111 Å². The third-order valence-electron chi connectivity index (χ3n) is 6.77. The summed E-state index contributed by atoms with van der Waals surface area (Å²) in [5.41, 5.74) is 0. The van der Waals surface area contributed by atoms with Gasteiger partial charge in [-0.3, -0.25) is 0 Å². The largest absolute Gasteiger partial charge is 0.103 e. The number of hydrogen-bond donors (Lipinski definition) is 0. The second-order valence-electron chi connectivity index (χ2n) is 8.67. The molecule has 0 atom stereocenters. The molecule has 0 spiro atoms. The van der Waals surface area contributed by atoms with Gasteiger partial charge in [-0.2, -0.15) is 0 Å². The Morgan fingerprint density at radius 1 is 0.583 bits per heavy atom. The maximum absolute atomic E-state index is 3.78. The second kappa shape index (κ2) is 13.0. The van der Waals surface area contributed by atoms with Crippen molar-refractivity contribution in [3.8, 4) is 0 Å². The molecule has 0 saturated heterocycles. The Kier molecular flexibility index (Phi) is 11.8. The molecule has 0 radical (unpaired) electrons. The van der Waals surface area contributed by atoms with Crippen LogP contribution in [-0.4, -0.2) is 0 Å². The van der Waals surface area contributed by atoms with E-state index in [-0.39, 0.29) is 0 Å². The molecule has 3 rings (SSSR count). The minimum Gasteiger partial charge on any atom is -0.103 e. The molecule has 142 valence electrons. The van der Waals surface area contributed by atoms with Crippen LogP contribution < -0.4 is 0 Å². The lowest BCUT2D eigenvalue weighted by molar-refractivity contribution is 0.155. The number of rotatable bonds is 2. The quantitative estimate of drug-likeness (QED) is 0.444. The smallest absolute Gasteiger partial charge is 0.0236 e. The minimum absolute atomic E-state index is 0.851. The molecule has 0 aromatic rings. The van der Waals surface area contributed by atoms with E-state index < -0.39 is 0 Å². The lowest BCUT2D eigenvalue weighted by Crippen LogP contribution is -2.24. The first-order chi connectivity index (χ1) is 11.7. The molecule has 3 saturated carbocycles. The van der Waals surface area contributed by atoms with Crippen LogP contribution in [0.1, 0.15) is 111 Å². The summed E-state index contributed by atoms with van der Waals surface area (Å²) in [6, 6.07) is 0. The van der Waals surface area contributed by atoms with Gasteiger partial charge in [-0.1, -0.05) is 78.7 Å². The van der Waals surface area contributed by atoms with Crippen LogP contribution in [0.25, 0.3) is 0 Å². The second-order valence-corrected chi connectivity index (χ2v) is 8.67. The third kappa shape index (κ3) is 8.21. The van der Waals surface area contributed by atoms with Gasteiger partial charge >= 0.3 is 0 Å². The van der Waals surface area contributed by atoms with Crippen LogP contribution in [0.15, 0.2) is 12.7 Å². The first-order valence-electron chi connectivity index (χ1n) is 11.3. The van der Waals surface area contributed by atoms with Gasteiger partial charge in [0.1, 0.15) is 0 Å². The molecule has 24 heavy (non-hydrogen) atoms. The minimum atomic E-state index is 0.851. The van der Waals surface area contributed by atoms with E-state index in [4.69, 9.17) is 0 Å². The van der Waals surface area contributed by atoms with Crippen molar-refractivity contribution in [1.82, 2.24) is 0 Å². The van der Waals surface area contributed by atoms with Crippen molar-refractivity contribution in [3.05, 3.63) is 12.7 Å². The summed E-state index contributed by atoms with van der Waals surface area (Å²) in [4.78, 5) is 0. The molecule has 0 nitrogen and oxygen atoms in total. The normalized spacial score (nSPS) is 34.2. The van der Waals surface area contributed by atoms with Gasteiger partial charge in [-0.15, -0.1) is 6.58 Å². The van der Waals surface area contributed by atoms with E-state index in [2.05, 4.69) is 26.5 Å². The van der Waals surface area contributed by atoms with Crippen molar-refractivity contribution in [2.75, 3.05) is 0 Å². The molecule has 0 unspecified atom stereocenters. The molecule has 0 aliphatic heterocycles. The Morgan fingerprint density at radius 2 is 0.958 bits per heavy atom. The molecule has 0 aromatic heterocycles. The summed E-state index contributed by atoms with van der Waals surface area (Å²) in [5, 5.41) is 0. The standard InChI is InChI=1S/C14H26.C8H14.C2H6/c1-11-3-7-13(8-4-11)14-9-5-12(2)6-10-14;1-2-8-6-4-3-5-7-8;1-2/h11-14H,3-10H2,1-2H3;2,8H,1,3-7H2;1-2H3. The third-order valence-corrected chi connectivity index (χ3v) is 6.77. The van der Waals surface area contributed by atoms with Crippen molar-refractivity contribution >= 4 is 0 Å². The van der Waals surface area contributed by atoms with Crippen molar-refractivity contribution in [3.63, 3.8) is 0 Å². The molecule has 0 amide bonds. The fourth-order valence-electron chi connectivity index (χ4n) is 4.88. The molecule has 3 aliphatic rings. The van der Waals surface area contributed by atoms with Gasteiger partial charge in [0.2, 0.25) is 0 Å². The zero-order valence-corrected chi connectivity index (χ0v) is 17.4. The van der Waals surface area contributed by atoms with Gasteiger partial charge < -0.3 is 0 Å². The van der Waals surface area contributed by atoms with Gasteiger partial charge in [-0.25, -0.2) is 0 Å². The summed E-state index contributed by atoms with van der Waals surface area (Å²) in [7, 11) is 0.